The van der Waals surface area contributed by atoms with Crippen LogP contribution in [0.25, 0.3) is 22.4 Å². The first-order chi connectivity index (χ1) is 12.9. The van der Waals surface area contributed by atoms with E-state index in [0.29, 0.717) is 11.6 Å². The van der Waals surface area contributed by atoms with Crippen molar-refractivity contribution < 1.29 is 0 Å². The second-order valence-electron chi connectivity index (χ2n) is 7.16. The van der Waals surface area contributed by atoms with Crippen LogP contribution in [0.3, 0.4) is 0 Å². The van der Waals surface area contributed by atoms with Crippen molar-refractivity contribution in [2.45, 2.75) is 26.3 Å². The smallest absolute Gasteiger partial charge is 0.161 e. The van der Waals surface area contributed by atoms with Gasteiger partial charge in [0, 0.05) is 5.56 Å². The van der Waals surface area contributed by atoms with Crippen LogP contribution < -0.4 is 11.5 Å². The Bertz CT molecular complexity index is 1110. The molecule has 0 fully saturated rings. The minimum absolute atomic E-state index is 0.304. The van der Waals surface area contributed by atoms with E-state index < -0.39 is 0 Å². The van der Waals surface area contributed by atoms with Crippen LogP contribution in [0.5, 0.6) is 0 Å². The van der Waals surface area contributed by atoms with Gasteiger partial charge >= 0.3 is 0 Å². The number of anilines is 2. The van der Waals surface area contributed by atoms with Crippen LogP contribution in [0.1, 0.15) is 25.2 Å². The summed E-state index contributed by atoms with van der Waals surface area (Å²) < 4.78 is 2.18. The van der Waals surface area contributed by atoms with Gasteiger partial charge in [0.15, 0.2) is 5.65 Å². The normalized spacial score (nSPS) is 11.8. The maximum Gasteiger partial charge on any atom is 0.161 e. The zero-order valence-electron chi connectivity index (χ0n) is 15.6. The molecule has 0 atom stereocenters. The summed E-state index contributed by atoms with van der Waals surface area (Å²) in [5, 5.41) is 0. The van der Waals surface area contributed by atoms with E-state index in [4.69, 9.17) is 21.4 Å². The van der Waals surface area contributed by atoms with Crippen molar-refractivity contribution in [1.82, 2.24) is 19.5 Å². The van der Waals surface area contributed by atoms with Crippen molar-refractivity contribution in [2.75, 3.05) is 11.5 Å². The summed E-state index contributed by atoms with van der Waals surface area (Å²) in [6, 6.07) is 17.8. The Morgan fingerprint density at radius 2 is 1.52 bits per heavy atom. The molecule has 0 aliphatic rings. The van der Waals surface area contributed by atoms with E-state index in [1.165, 1.54) is 5.56 Å². The van der Waals surface area contributed by atoms with Gasteiger partial charge in [0.25, 0.3) is 0 Å². The predicted molar refractivity (Wildman–Crippen MR) is 109 cm³/mol. The third-order valence-electron chi connectivity index (χ3n) is 4.87. The molecule has 0 saturated heterocycles. The molecule has 4 N–H and O–H groups in total. The van der Waals surface area contributed by atoms with Crippen molar-refractivity contribution in [1.29, 1.82) is 0 Å². The van der Waals surface area contributed by atoms with Crippen molar-refractivity contribution in [3.8, 4) is 11.3 Å². The molecule has 3 aromatic heterocycles. The molecule has 6 nitrogen and oxygen atoms in total. The number of hydrogen-bond acceptors (Lipinski definition) is 5. The highest BCUT2D eigenvalue weighted by atomic mass is 15.2. The average molecular weight is 358 g/mol. The van der Waals surface area contributed by atoms with E-state index >= 15 is 0 Å². The molecule has 0 radical (unpaired) electrons. The third-order valence-corrected chi connectivity index (χ3v) is 4.87. The Labute approximate surface area is 157 Å². The number of nitrogens with two attached hydrogens (primary N) is 2. The van der Waals surface area contributed by atoms with Crippen LogP contribution in [0.15, 0.2) is 54.6 Å². The van der Waals surface area contributed by atoms with Crippen molar-refractivity contribution in [3.63, 3.8) is 0 Å². The Kier molecular flexibility index (Phi) is 3.84. The van der Waals surface area contributed by atoms with Gasteiger partial charge in [-0.3, -0.25) is 0 Å². The summed E-state index contributed by atoms with van der Waals surface area (Å²) in [5.74, 6) is 1.67. The number of aromatic nitrogens is 4. The molecule has 0 amide bonds. The highest BCUT2D eigenvalue weighted by Gasteiger charge is 2.27. The zero-order valence-corrected chi connectivity index (χ0v) is 15.6. The van der Waals surface area contributed by atoms with Gasteiger partial charge in [-0.25, -0.2) is 15.0 Å². The van der Waals surface area contributed by atoms with Crippen LogP contribution in [0, 0.1) is 6.92 Å². The molecule has 6 heteroatoms. The summed E-state index contributed by atoms with van der Waals surface area (Å²) in [5.41, 5.74) is 15.9. The largest absolute Gasteiger partial charge is 0.384 e. The van der Waals surface area contributed by atoms with Crippen molar-refractivity contribution >= 4 is 22.8 Å². The molecule has 4 rings (SSSR count). The lowest BCUT2D eigenvalue weighted by atomic mass is 9.94. The van der Waals surface area contributed by atoms with E-state index in [0.717, 1.165) is 28.2 Å². The summed E-state index contributed by atoms with van der Waals surface area (Å²) in [7, 11) is 0. The lowest BCUT2D eigenvalue weighted by Gasteiger charge is -2.29. The summed E-state index contributed by atoms with van der Waals surface area (Å²) in [4.78, 5) is 13.6. The Balaban J connectivity index is 1.93. The molecule has 4 aromatic rings. The number of nitrogens with zero attached hydrogens (tertiary/aromatic N) is 4. The molecule has 3 heterocycles. The number of fused-ring (bicyclic) bond motifs is 1. The first kappa shape index (κ1) is 17.0. The summed E-state index contributed by atoms with van der Waals surface area (Å²) >= 11 is 0. The molecular formula is C21H22N6. The lowest BCUT2D eigenvalue weighted by Crippen LogP contribution is -2.29. The van der Waals surface area contributed by atoms with E-state index in [2.05, 4.69) is 35.5 Å². The van der Waals surface area contributed by atoms with E-state index in [1.807, 2.05) is 37.3 Å². The number of hydrogen-bond donors (Lipinski definition) is 2. The second-order valence-corrected chi connectivity index (χ2v) is 7.16. The molecule has 1 aromatic carbocycles. The SMILES string of the molecule is Cc1nc2ccc(-c3cc(N)nc(N)c3)nc2n1C(C)(C)c1ccccc1. The fourth-order valence-corrected chi connectivity index (χ4v) is 3.60. The Morgan fingerprint density at radius 3 is 2.19 bits per heavy atom. The summed E-state index contributed by atoms with van der Waals surface area (Å²) in [6.45, 7) is 6.36. The van der Waals surface area contributed by atoms with E-state index in [-0.39, 0.29) is 5.54 Å². The highest BCUT2D eigenvalue weighted by molar-refractivity contribution is 5.77. The van der Waals surface area contributed by atoms with Gasteiger partial charge in [-0.15, -0.1) is 0 Å². The van der Waals surface area contributed by atoms with Crippen LogP contribution in [0.2, 0.25) is 0 Å². The van der Waals surface area contributed by atoms with Crippen LogP contribution >= 0.6 is 0 Å². The predicted octanol–water partition coefficient (Wildman–Crippen LogP) is 3.75. The monoisotopic (exact) mass is 358 g/mol. The second kappa shape index (κ2) is 6.09. The standard InChI is InChI=1S/C21H22N6/c1-13-24-17-10-9-16(14-11-18(22)26-19(23)12-14)25-20(17)27(13)21(2,3)15-7-5-4-6-8-15/h4-12H,1-3H3,(H4,22,23,26). The van der Waals surface area contributed by atoms with Gasteiger partial charge in [0.2, 0.25) is 0 Å². The molecule has 0 aliphatic heterocycles. The van der Waals surface area contributed by atoms with Crippen LogP contribution in [0.4, 0.5) is 11.6 Å². The quantitative estimate of drug-likeness (QED) is 0.581. The minimum Gasteiger partial charge on any atom is -0.384 e. The Hall–Kier alpha value is -3.41. The summed E-state index contributed by atoms with van der Waals surface area (Å²) in [6.07, 6.45) is 0. The number of aryl methyl sites for hydroxylation is 1. The highest BCUT2D eigenvalue weighted by Crippen LogP contribution is 2.32. The molecule has 0 unspecified atom stereocenters. The number of rotatable bonds is 3. The fraction of sp³-hybridized carbons (Fsp3) is 0.190. The number of pyridine rings is 2. The van der Waals surface area contributed by atoms with Crippen LogP contribution in [-0.2, 0) is 5.54 Å². The average Bonchev–Trinajstić information content (AvgIpc) is 2.97. The number of imidazole rings is 1. The van der Waals surface area contributed by atoms with Crippen molar-refractivity contribution in [2.24, 2.45) is 0 Å². The third kappa shape index (κ3) is 2.89. The maximum atomic E-state index is 5.85. The minimum atomic E-state index is -0.304. The first-order valence-electron chi connectivity index (χ1n) is 8.82. The molecule has 136 valence electrons. The van der Waals surface area contributed by atoms with E-state index in [9.17, 15) is 0 Å². The molecule has 0 aliphatic carbocycles. The van der Waals surface area contributed by atoms with Gasteiger partial charge in [-0.1, -0.05) is 30.3 Å². The molecular weight excluding hydrogens is 336 g/mol. The molecule has 0 bridgehead atoms. The van der Waals surface area contributed by atoms with Gasteiger partial charge in [-0.05, 0) is 50.6 Å². The molecule has 0 spiro atoms. The Morgan fingerprint density at radius 1 is 0.852 bits per heavy atom. The van der Waals surface area contributed by atoms with Gasteiger partial charge in [0.1, 0.15) is 23.0 Å². The van der Waals surface area contributed by atoms with Crippen molar-refractivity contribution in [3.05, 3.63) is 66.0 Å². The van der Waals surface area contributed by atoms with Gasteiger partial charge in [0.05, 0.1) is 11.2 Å². The fourth-order valence-electron chi connectivity index (χ4n) is 3.60. The maximum absolute atomic E-state index is 5.85. The zero-order chi connectivity index (χ0) is 19.2. The molecule has 27 heavy (non-hydrogen) atoms. The topological polar surface area (TPSA) is 95.6 Å². The van der Waals surface area contributed by atoms with E-state index in [1.54, 1.807) is 12.1 Å². The molecule has 0 saturated carbocycles. The number of benzene rings is 1. The van der Waals surface area contributed by atoms with Gasteiger partial charge < -0.3 is 16.0 Å². The van der Waals surface area contributed by atoms with Gasteiger partial charge in [-0.2, -0.15) is 0 Å². The first-order valence-corrected chi connectivity index (χ1v) is 8.82. The lowest BCUT2D eigenvalue weighted by molar-refractivity contribution is 0.436. The van der Waals surface area contributed by atoms with Crippen LogP contribution in [-0.4, -0.2) is 19.5 Å². The number of nitrogen functional groups attached to an aromatic ring is 2.